The van der Waals surface area contributed by atoms with Crippen LogP contribution in [0.3, 0.4) is 0 Å². The number of amides is 1. The second kappa shape index (κ2) is 8.41. The van der Waals surface area contributed by atoms with E-state index in [4.69, 9.17) is 4.74 Å². The van der Waals surface area contributed by atoms with Crippen LogP contribution in [0.5, 0.6) is 0 Å². The Labute approximate surface area is 92.9 Å². The van der Waals surface area contributed by atoms with E-state index in [-0.39, 0.29) is 25.5 Å². The smallest absolute Gasteiger partial charge is 0.220 e. The van der Waals surface area contributed by atoms with E-state index in [1.165, 1.54) is 0 Å². The third-order valence-electron chi connectivity index (χ3n) is 2.02. The highest BCUT2D eigenvalue weighted by Crippen LogP contribution is 2.01. The number of hydrogen-bond acceptors (Lipinski definition) is 3. The Morgan fingerprint density at radius 3 is 2.53 bits per heavy atom. The van der Waals surface area contributed by atoms with Gasteiger partial charge in [0.25, 0.3) is 0 Å². The van der Waals surface area contributed by atoms with Crippen LogP contribution in [0.1, 0.15) is 35.0 Å². The normalized spacial score (nSPS) is 10.4. The van der Waals surface area contributed by atoms with E-state index < -0.39 is 0 Å². The monoisotopic (exact) mass is 217 g/mol. The molecule has 0 radical (unpaired) electrons. The molecule has 0 rings (SSSR count). The molecule has 0 bridgehead atoms. The molecular weight excluding hydrogens is 194 g/mol. The third-order valence-corrected chi connectivity index (χ3v) is 2.02. The summed E-state index contributed by atoms with van der Waals surface area (Å²) in [6, 6.07) is 0. The van der Waals surface area contributed by atoms with E-state index in [0.29, 0.717) is 26.2 Å². The van der Waals surface area contributed by atoms with E-state index in [1.54, 1.807) is 0 Å². The minimum absolute atomic E-state index is 0. The van der Waals surface area contributed by atoms with Crippen molar-refractivity contribution in [2.45, 2.75) is 33.6 Å². The highest BCUT2D eigenvalue weighted by molar-refractivity contribution is 5.85. The van der Waals surface area contributed by atoms with Gasteiger partial charge in [-0.15, -0.1) is 0 Å². The van der Waals surface area contributed by atoms with Crippen molar-refractivity contribution in [3.8, 4) is 0 Å². The molecule has 0 spiro atoms. The molecule has 15 heavy (non-hydrogen) atoms. The quantitative estimate of drug-likeness (QED) is 0.625. The number of ether oxygens (including phenoxy) is 1. The van der Waals surface area contributed by atoms with E-state index in [9.17, 15) is 9.59 Å². The highest BCUT2D eigenvalue weighted by Gasteiger charge is 2.09. The van der Waals surface area contributed by atoms with Gasteiger partial charge in [0.05, 0.1) is 6.61 Å². The molecule has 1 N–H and O–H groups in total. The summed E-state index contributed by atoms with van der Waals surface area (Å²) in [5.41, 5.74) is 0. The number of ketones is 1. The van der Waals surface area contributed by atoms with Crippen molar-refractivity contribution in [1.29, 1.82) is 0 Å². The molecule has 0 aliphatic rings. The van der Waals surface area contributed by atoms with Crippen molar-refractivity contribution in [3.63, 3.8) is 0 Å². The van der Waals surface area contributed by atoms with Gasteiger partial charge in [-0.25, -0.2) is 0 Å². The number of Topliss-reactive ketones (excluding diaryl/α,β-unsaturated/α-hetero) is 1. The predicted molar refractivity (Wildman–Crippen MR) is 60.7 cm³/mol. The molecule has 0 atom stereocenters. The molecule has 4 nitrogen and oxygen atoms in total. The minimum Gasteiger partial charge on any atom is -0.380 e. The maximum absolute atomic E-state index is 11.2. The van der Waals surface area contributed by atoms with Crippen LogP contribution in [0.25, 0.3) is 0 Å². The molecule has 4 heteroatoms. The number of hydrogen-bond donors (Lipinski definition) is 1. The molecule has 0 unspecified atom stereocenters. The van der Waals surface area contributed by atoms with Crippen molar-refractivity contribution in [1.82, 2.24) is 5.32 Å². The van der Waals surface area contributed by atoms with Crippen LogP contribution in [0.4, 0.5) is 0 Å². The Bertz CT molecular complexity index is 207. The molecule has 0 saturated heterocycles. The van der Waals surface area contributed by atoms with Gasteiger partial charge in [-0.2, -0.15) is 0 Å². The lowest BCUT2D eigenvalue weighted by Gasteiger charge is -2.06. The Balaban J connectivity index is 0. The molecule has 1 amide bonds. The lowest BCUT2D eigenvalue weighted by molar-refractivity contribution is -0.126. The highest BCUT2D eigenvalue weighted by atomic mass is 16.5. The zero-order valence-corrected chi connectivity index (χ0v) is 9.84. The second-order valence-electron chi connectivity index (χ2n) is 3.67. The topological polar surface area (TPSA) is 55.4 Å². The zero-order valence-electron chi connectivity index (χ0n) is 9.84. The summed E-state index contributed by atoms with van der Waals surface area (Å²) >= 11 is 0. The SMILES string of the molecule is CCOCCNC(=O)CCC(=O)C(C)C.[HH]. The summed E-state index contributed by atoms with van der Waals surface area (Å²) in [5.74, 6) is 0.0693. The Hall–Kier alpha value is -0.900. The van der Waals surface area contributed by atoms with E-state index in [2.05, 4.69) is 5.32 Å². The average molecular weight is 217 g/mol. The minimum atomic E-state index is -0.0799. The van der Waals surface area contributed by atoms with Crippen LogP contribution < -0.4 is 5.32 Å². The molecule has 0 heterocycles. The van der Waals surface area contributed by atoms with Gasteiger partial charge in [-0.05, 0) is 6.92 Å². The fraction of sp³-hybridized carbons (Fsp3) is 0.818. The van der Waals surface area contributed by atoms with Crippen LogP contribution in [0.2, 0.25) is 0 Å². The molecule has 90 valence electrons. The molecular formula is C11H23NO3. The van der Waals surface area contributed by atoms with Gasteiger partial charge in [0.2, 0.25) is 5.91 Å². The first kappa shape index (κ1) is 14.1. The maximum Gasteiger partial charge on any atom is 0.220 e. The summed E-state index contributed by atoms with van der Waals surface area (Å²) in [5, 5.41) is 2.70. The number of carbonyl (C=O) groups excluding carboxylic acids is 2. The Morgan fingerprint density at radius 1 is 1.33 bits per heavy atom. The lowest BCUT2D eigenvalue weighted by atomic mass is 10.0. The fourth-order valence-corrected chi connectivity index (χ4v) is 1.02. The van der Waals surface area contributed by atoms with Crippen LogP contribution in [-0.4, -0.2) is 31.4 Å². The lowest BCUT2D eigenvalue weighted by Crippen LogP contribution is -2.27. The van der Waals surface area contributed by atoms with Gasteiger partial charge in [0.1, 0.15) is 5.78 Å². The first-order valence-corrected chi connectivity index (χ1v) is 5.45. The van der Waals surface area contributed by atoms with Crippen molar-refractivity contribution >= 4 is 11.7 Å². The van der Waals surface area contributed by atoms with Gasteiger partial charge >= 0.3 is 0 Å². The van der Waals surface area contributed by atoms with Crippen molar-refractivity contribution < 1.29 is 15.8 Å². The summed E-state index contributed by atoms with van der Waals surface area (Å²) in [6.45, 7) is 7.29. The molecule has 0 aromatic heterocycles. The van der Waals surface area contributed by atoms with Gasteiger partial charge in [0, 0.05) is 33.3 Å². The van der Waals surface area contributed by atoms with E-state index >= 15 is 0 Å². The van der Waals surface area contributed by atoms with Crippen LogP contribution in [0, 0.1) is 5.92 Å². The van der Waals surface area contributed by atoms with E-state index in [0.717, 1.165) is 0 Å². The van der Waals surface area contributed by atoms with Gasteiger partial charge < -0.3 is 10.1 Å². The Morgan fingerprint density at radius 2 is 2.00 bits per heavy atom. The second-order valence-corrected chi connectivity index (χ2v) is 3.67. The molecule has 0 aromatic carbocycles. The predicted octanol–water partition coefficient (Wildman–Crippen LogP) is 1.39. The van der Waals surface area contributed by atoms with Crippen molar-refractivity contribution in [2.75, 3.05) is 19.8 Å². The summed E-state index contributed by atoms with van der Waals surface area (Å²) in [4.78, 5) is 22.4. The van der Waals surface area contributed by atoms with Crippen LogP contribution in [0.15, 0.2) is 0 Å². The summed E-state index contributed by atoms with van der Waals surface area (Å²) in [6.07, 6.45) is 0.612. The first-order valence-electron chi connectivity index (χ1n) is 5.45. The summed E-state index contributed by atoms with van der Waals surface area (Å²) in [7, 11) is 0. The van der Waals surface area contributed by atoms with Gasteiger partial charge in [0.15, 0.2) is 0 Å². The number of carbonyl (C=O) groups is 2. The zero-order chi connectivity index (χ0) is 11.7. The average Bonchev–Trinajstić information content (AvgIpc) is 2.20. The molecule has 0 saturated carbocycles. The third kappa shape index (κ3) is 8.12. The largest absolute Gasteiger partial charge is 0.380 e. The number of nitrogens with one attached hydrogen (secondary N) is 1. The van der Waals surface area contributed by atoms with Crippen LogP contribution in [-0.2, 0) is 14.3 Å². The van der Waals surface area contributed by atoms with Crippen molar-refractivity contribution in [3.05, 3.63) is 0 Å². The fourth-order valence-electron chi connectivity index (χ4n) is 1.02. The molecule has 0 aliphatic heterocycles. The van der Waals surface area contributed by atoms with Gasteiger partial charge in [-0.1, -0.05) is 13.8 Å². The molecule has 0 aromatic rings. The molecule has 0 fully saturated rings. The number of rotatable bonds is 8. The maximum atomic E-state index is 11.2. The van der Waals surface area contributed by atoms with Gasteiger partial charge in [-0.3, -0.25) is 9.59 Å². The van der Waals surface area contributed by atoms with Crippen molar-refractivity contribution in [2.24, 2.45) is 5.92 Å². The standard InChI is InChI=1S/C11H21NO3.H2/c1-4-15-8-7-12-11(14)6-5-10(13)9(2)3;/h9H,4-8H2,1-3H3,(H,12,14);1H. The summed E-state index contributed by atoms with van der Waals surface area (Å²) < 4.78 is 5.07. The van der Waals surface area contributed by atoms with Crippen LogP contribution >= 0.6 is 0 Å². The Kier molecular flexibility index (Phi) is 7.91. The first-order chi connectivity index (χ1) is 7.07. The molecule has 0 aliphatic carbocycles. The van der Waals surface area contributed by atoms with E-state index in [1.807, 2.05) is 20.8 Å².